The second-order valence-corrected chi connectivity index (χ2v) is 9.37. The number of aliphatic carboxylic acids is 1. The number of aromatic nitrogens is 3. The summed E-state index contributed by atoms with van der Waals surface area (Å²) in [5.74, 6) is -0.734. The first-order valence-electron chi connectivity index (χ1n) is 12.5. The van der Waals surface area contributed by atoms with Crippen molar-refractivity contribution in [3.05, 3.63) is 77.1 Å². The number of benzene rings is 2. The lowest BCUT2D eigenvalue weighted by molar-refractivity contribution is -0.746. The first-order valence-corrected chi connectivity index (χ1v) is 12.5. The van der Waals surface area contributed by atoms with Crippen molar-refractivity contribution in [1.82, 2.24) is 15.0 Å². The molecule has 0 aliphatic heterocycles. The average Bonchev–Trinajstić information content (AvgIpc) is 3.45. The second-order valence-electron chi connectivity index (χ2n) is 9.37. The van der Waals surface area contributed by atoms with Crippen molar-refractivity contribution in [3.8, 4) is 0 Å². The van der Waals surface area contributed by atoms with E-state index in [0.29, 0.717) is 36.5 Å². The lowest BCUT2D eigenvalue weighted by Gasteiger charge is -2.18. The van der Waals surface area contributed by atoms with Crippen LogP contribution in [0.1, 0.15) is 58.7 Å². The van der Waals surface area contributed by atoms with E-state index in [2.05, 4.69) is 15.7 Å². The Labute approximate surface area is 220 Å². The van der Waals surface area contributed by atoms with Crippen molar-refractivity contribution in [1.29, 1.82) is 0 Å². The number of nitrogens with zero attached hydrogens (tertiary/aromatic N) is 3. The predicted molar refractivity (Wildman–Crippen MR) is 141 cm³/mol. The summed E-state index contributed by atoms with van der Waals surface area (Å²) in [4.78, 5) is 36.7. The highest BCUT2D eigenvalue weighted by atomic mass is 16.4. The maximum atomic E-state index is 13.5. The smallest absolute Gasteiger partial charge is 0.362 e. The molecule has 2 heterocycles. The summed E-state index contributed by atoms with van der Waals surface area (Å²) in [6, 6.07) is 10.6. The van der Waals surface area contributed by atoms with Gasteiger partial charge in [-0.05, 0) is 60.7 Å². The lowest BCUT2D eigenvalue weighted by atomic mass is 10.0. The molecule has 0 spiro atoms. The molecule has 1 unspecified atom stereocenters. The van der Waals surface area contributed by atoms with E-state index in [1.54, 1.807) is 30.8 Å². The van der Waals surface area contributed by atoms with Gasteiger partial charge >= 0.3 is 12.4 Å². The van der Waals surface area contributed by atoms with Crippen molar-refractivity contribution >= 4 is 34.4 Å². The fourth-order valence-electron chi connectivity index (χ4n) is 4.51. The molecule has 0 radical (unpaired) electrons. The molecule has 0 saturated heterocycles. The molecule has 3 N–H and O–H groups in total. The van der Waals surface area contributed by atoms with E-state index >= 15 is 0 Å². The Balaban J connectivity index is 1.62. The quantitative estimate of drug-likeness (QED) is 0.275. The number of fused-ring (bicyclic) bond motifs is 1. The van der Waals surface area contributed by atoms with Crippen molar-refractivity contribution < 1.29 is 28.6 Å². The third-order valence-electron chi connectivity index (χ3n) is 6.55. The van der Waals surface area contributed by atoms with Gasteiger partial charge in [0.1, 0.15) is 6.04 Å². The molecule has 38 heavy (non-hydrogen) atoms. The molecule has 1 atom stereocenters. The monoisotopic (exact) mass is 518 g/mol. The number of carboxylic acids is 1. The van der Waals surface area contributed by atoms with Crippen molar-refractivity contribution in [2.75, 3.05) is 12.4 Å². The third-order valence-corrected chi connectivity index (χ3v) is 6.55. The highest BCUT2D eigenvalue weighted by Gasteiger charge is 2.21. The molecule has 0 bridgehead atoms. The fraction of sp³-hybridized carbons (Fsp3) is 0.321. The van der Waals surface area contributed by atoms with Gasteiger partial charge in [0.15, 0.2) is 0 Å². The van der Waals surface area contributed by atoms with E-state index in [-0.39, 0.29) is 18.2 Å². The summed E-state index contributed by atoms with van der Waals surface area (Å²) in [5, 5.41) is 20.0. The number of carboxylic acid groups (broad SMARTS) is 1. The average molecular weight is 519 g/mol. The molecule has 0 aliphatic carbocycles. The molecule has 2 aromatic heterocycles. The zero-order valence-corrected chi connectivity index (χ0v) is 21.9. The normalized spacial score (nSPS) is 11.9. The largest absolute Gasteiger partial charge is 0.481 e. The Hall–Kier alpha value is -4.47. The molecule has 4 aromatic rings. The van der Waals surface area contributed by atoms with Gasteiger partial charge in [-0.3, -0.25) is 14.4 Å². The van der Waals surface area contributed by atoms with E-state index < -0.39 is 12.0 Å². The van der Waals surface area contributed by atoms with Gasteiger partial charge in [0.25, 0.3) is 11.8 Å². The van der Waals surface area contributed by atoms with Crippen molar-refractivity contribution in [3.63, 3.8) is 0 Å². The minimum absolute atomic E-state index is 0.0436. The number of carbonyl (C=O) groups excluding carboxylic acids is 2. The molecule has 10 heteroatoms. The highest BCUT2D eigenvalue weighted by Crippen LogP contribution is 2.27. The molecule has 198 valence electrons. The SMILES string of the molecule is CNC(=O)c1ccc2c(C)cn(C(C)C(=O)Nc3cc(C[n+]4coc(C)n4)ccc3CCCC(=O)O)c2c1. The molecule has 2 aromatic carbocycles. The van der Waals surface area contributed by atoms with Crippen molar-refractivity contribution in [2.24, 2.45) is 0 Å². The summed E-state index contributed by atoms with van der Waals surface area (Å²) in [7, 11) is 1.58. The second kappa shape index (κ2) is 11.3. The Morgan fingerprint density at radius 3 is 2.63 bits per heavy atom. The fourth-order valence-corrected chi connectivity index (χ4v) is 4.51. The standard InChI is InChI=1S/C28H31N5O5/c1-17-14-33(25-13-22(28(37)29-4)10-11-23(17)25)18(2)27(36)30-24-12-20(15-32-16-38-19(3)31-32)8-9-21(24)6-5-7-26(34)35/h8-14,16,18H,5-7,15H2,1-4H3,(H2-,29,30,34,35,36,37)/p+1. The van der Waals surface area contributed by atoms with Crippen LogP contribution in [-0.2, 0) is 22.6 Å². The Morgan fingerprint density at radius 1 is 1.16 bits per heavy atom. The number of aryl methyl sites for hydroxylation is 3. The van der Waals surface area contributed by atoms with Gasteiger partial charge in [-0.25, -0.2) is 0 Å². The van der Waals surface area contributed by atoms with Gasteiger partial charge in [-0.2, -0.15) is 0 Å². The zero-order chi connectivity index (χ0) is 27.4. The first-order chi connectivity index (χ1) is 18.2. The summed E-state index contributed by atoms with van der Waals surface area (Å²) in [6.07, 6.45) is 4.45. The molecule has 10 nitrogen and oxygen atoms in total. The minimum atomic E-state index is -0.857. The minimum Gasteiger partial charge on any atom is -0.481 e. The third kappa shape index (κ3) is 5.91. The number of anilines is 1. The topological polar surface area (TPSA) is 130 Å². The van der Waals surface area contributed by atoms with Crippen LogP contribution in [0.25, 0.3) is 10.9 Å². The summed E-state index contributed by atoms with van der Waals surface area (Å²) in [6.45, 7) is 5.99. The lowest BCUT2D eigenvalue weighted by Crippen LogP contribution is -2.35. The maximum Gasteiger partial charge on any atom is 0.362 e. The van der Waals surface area contributed by atoms with Crippen LogP contribution in [0.15, 0.2) is 53.4 Å². The number of carbonyl (C=O) groups is 3. The summed E-state index contributed by atoms with van der Waals surface area (Å²) >= 11 is 0. The Morgan fingerprint density at radius 2 is 1.95 bits per heavy atom. The van der Waals surface area contributed by atoms with Crippen LogP contribution in [0.3, 0.4) is 0 Å². The Bertz CT molecular complexity index is 1500. The van der Waals surface area contributed by atoms with Gasteiger partial charge in [0, 0.05) is 59.4 Å². The van der Waals surface area contributed by atoms with Crippen LogP contribution in [-0.4, -0.2) is 39.6 Å². The van der Waals surface area contributed by atoms with E-state index in [9.17, 15) is 14.4 Å². The number of hydrogen-bond acceptors (Lipinski definition) is 5. The summed E-state index contributed by atoms with van der Waals surface area (Å²) in [5.41, 5.74) is 4.70. The van der Waals surface area contributed by atoms with Crippen LogP contribution >= 0.6 is 0 Å². The maximum absolute atomic E-state index is 13.5. The number of nitrogens with one attached hydrogen (secondary N) is 2. The van der Waals surface area contributed by atoms with Crippen molar-refractivity contribution in [2.45, 2.75) is 52.6 Å². The molecule has 0 fully saturated rings. The van der Waals surface area contributed by atoms with E-state index in [0.717, 1.165) is 27.6 Å². The molecular formula is C28H32N5O5+. The van der Waals surface area contributed by atoms with E-state index in [1.807, 2.05) is 48.9 Å². The van der Waals surface area contributed by atoms with Gasteiger partial charge < -0.3 is 24.7 Å². The molecule has 2 amide bonds. The van der Waals surface area contributed by atoms with Gasteiger partial charge in [-0.15, -0.1) is 0 Å². The van der Waals surface area contributed by atoms with Gasteiger partial charge in [0.05, 0.1) is 0 Å². The van der Waals surface area contributed by atoms with Gasteiger partial charge in [0.2, 0.25) is 12.5 Å². The molecule has 0 aliphatic rings. The molecule has 4 rings (SSSR count). The number of hydrogen-bond donors (Lipinski definition) is 3. The van der Waals surface area contributed by atoms with E-state index in [4.69, 9.17) is 9.52 Å². The Kier molecular flexibility index (Phi) is 7.90. The van der Waals surface area contributed by atoms with Gasteiger partial charge in [-0.1, -0.05) is 18.2 Å². The number of rotatable bonds is 10. The predicted octanol–water partition coefficient (Wildman–Crippen LogP) is 3.55. The van der Waals surface area contributed by atoms with E-state index in [1.165, 1.54) is 6.39 Å². The highest BCUT2D eigenvalue weighted by molar-refractivity contribution is 6.00. The van der Waals surface area contributed by atoms with Crippen LogP contribution in [0, 0.1) is 13.8 Å². The van der Waals surface area contributed by atoms with Crippen LogP contribution in [0.5, 0.6) is 0 Å². The molecular weight excluding hydrogens is 486 g/mol. The number of amides is 2. The first kappa shape index (κ1) is 26.6. The van der Waals surface area contributed by atoms with Crippen LogP contribution < -0.4 is 15.3 Å². The zero-order valence-electron chi connectivity index (χ0n) is 21.9. The van der Waals surface area contributed by atoms with Crippen LogP contribution in [0.2, 0.25) is 0 Å². The van der Waals surface area contributed by atoms with Crippen LogP contribution in [0.4, 0.5) is 5.69 Å². The summed E-state index contributed by atoms with van der Waals surface area (Å²) < 4.78 is 8.82. The molecule has 0 saturated carbocycles.